The Morgan fingerprint density at radius 3 is 3.08 bits per heavy atom. The Morgan fingerprint density at radius 1 is 1.42 bits per heavy atom. The summed E-state index contributed by atoms with van der Waals surface area (Å²) in [6.45, 7) is 6.18. The number of anilines is 2. The maximum absolute atomic E-state index is 12.4. The third kappa shape index (κ3) is 4.15. The summed E-state index contributed by atoms with van der Waals surface area (Å²) in [5, 5.41) is 14.7. The fraction of sp³-hybridized carbons (Fsp3) is 0.353. The molecule has 1 aromatic carbocycles. The van der Waals surface area contributed by atoms with E-state index in [4.69, 9.17) is 0 Å². The molecule has 126 valence electrons. The summed E-state index contributed by atoms with van der Waals surface area (Å²) in [7, 11) is 0. The Labute approximate surface area is 150 Å². The molecule has 1 aliphatic rings. The first-order valence-corrected chi connectivity index (χ1v) is 9.63. The van der Waals surface area contributed by atoms with E-state index >= 15 is 0 Å². The van der Waals surface area contributed by atoms with Gasteiger partial charge >= 0.3 is 0 Å². The van der Waals surface area contributed by atoms with E-state index in [0.717, 1.165) is 28.0 Å². The van der Waals surface area contributed by atoms with E-state index < -0.39 is 0 Å². The Balaban J connectivity index is 1.56. The quantitative estimate of drug-likeness (QED) is 0.581. The molecule has 0 saturated heterocycles. The van der Waals surface area contributed by atoms with Gasteiger partial charge in [-0.3, -0.25) is 4.79 Å². The van der Waals surface area contributed by atoms with Crippen LogP contribution in [0.3, 0.4) is 0 Å². The lowest BCUT2D eigenvalue weighted by Gasteiger charge is -2.11. The largest absolute Gasteiger partial charge is 0.357 e. The second kappa shape index (κ2) is 7.81. The summed E-state index contributed by atoms with van der Waals surface area (Å²) in [6, 6.07) is 6.21. The number of fused-ring (bicyclic) bond motifs is 1. The third-order valence-corrected chi connectivity index (χ3v) is 5.88. The number of carbonyl (C=O) groups excluding carboxylic acids is 1. The molecule has 0 unspecified atom stereocenters. The normalized spacial score (nSPS) is 14.0. The number of thioether (sulfide) groups is 1. The fourth-order valence-corrected chi connectivity index (χ4v) is 4.49. The molecule has 0 bridgehead atoms. The number of hydrogen-bond acceptors (Lipinski definition) is 6. The van der Waals surface area contributed by atoms with Crippen LogP contribution in [0.1, 0.15) is 24.5 Å². The highest BCUT2D eigenvalue weighted by Gasteiger charge is 2.18. The average molecular weight is 361 g/mol. The van der Waals surface area contributed by atoms with Crippen LogP contribution >= 0.6 is 23.1 Å². The van der Waals surface area contributed by atoms with Crippen LogP contribution in [0.5, 0.6) is 0 Å². The van der Waals surface area contributed by atoms with Gasteiger partial charge in [0.05, 0.1) is 5.25 Å². The zero-order valence-electron chi connectivity index (χ0n) is 13.5. The van der Waals surface area contributed by atoms with E-state index in [1.54, 1.807) is 6.08 Å². The van der Waals surface area contributed by atoms with Crippen molar-refractivity contribution in [2.24, 2.45) is 0 Å². The molecule has 0 spiro atoms. The molecule has 3 rings (SSSR count). The van der Waals surface area contributed by atoms with Gasteiger partial charge in [0.1, 0.15) is 0 Å². The van der Waals surface area contributed by atoms with E-state index in [-0.39, 0.29) is 11.2 Å². The smallest absolute Gasteiger partial charge is 0.237 e. The van der Waals surface area contributed by atoms with E-state index in [0.29, 0.717) is 6.54 Å². The van der Waals surface area contributed by atoms with Gasteiger partial charge in [-0.2, -0.15) is 0 Å². The van der Waals surface area contributed by atoms with Crippen LogP contribution in [-0.4, -0.2) is 27.9 Å². The first kappa shape index (κ1) is 17.0. The molecule has 0 saturated carbocycles. The van der Waals surface area contributed by atoms with Crippen molar-refractivity contribution in [1.29, 1.82) is 0 Å². The lowest BCUT2D eigenvalue weighted by molar-refractivity contribution is -0.115. The Morgan fingerprint density at radius 2 is 2.25 bits per heavy atom. The summed E-state index contributed by atoms with van der Waals surface area (Å²) in [5.74, 6) is -0.0197. The second-order valence-electron chi connectivity index (χ2n) is 5.63. The molecule has 1 aromatic heterocycles. The number of nitrogens with one attached hydrogen (secondary N) is 2. The molecular weight excluding hydrogens is 340 g/mol. The number of carbonyl (C=O) groups is 1. The molecule has 24 heavy (non-hydrogen) atoms. The summed E-state index contributed by atoms with van der Waals surface area (Å²) < 4.78 is 0.776. The minimum atomic E-state index is -0.238. The maximum Gasteiger partial charge on any atom is 0.237 e. The monoisotopic (exact) mass is 360 g/mol. The average Bonchev–Trinajstić information content (AvgIpc) is 3.21. The molecular formula is C17H20N4OS2. The number of rotatable bonds is 7. The summed E-state index contributed by atoms with van der Waals surface area (Å²) in [5.41, 5.74) is 3.64. The van der Waals surface area contributed by atoms with Gasteiger partial charge in [0.15, 0.2) is 4.34 Å². The number of aryl methyl sites for hydroxylation is 2. The van der Waals surface area contributed by atoms with Gasteiger partial charge in [-0.05, 0) is 49.4 Å². The third-order valence-electron chi connectivity index (χ3n) is 3.82. The van der Waals surface area contributed by atoms with E-state index in [1.165, 1.54) is 40.6 Å². The van der Waals surface area contributed by atoms with Crippen molar-refractivity contribution >= 4 is 39.8 Å². The molecule has 2 aromatic rings. The molecule has 0 radical (unpaired) electrons. The fourth-order valence-electron chi connectivity index (χ4n) is 2.59. The van der Waals surface area contributed by atoms with Gasteiger partial charge in [0.25, 0.3) is 0 Å². The van der Waals surface area contributed by atoms with Crippen molar-refractivity contribution in [3.8, 4) is 0 Å². The summed E-state index contributed by atoms with van der Waals surface area (Å²) in [4.78, 5) is 12.4. The van der Waals surface area contributed by atoms with Crippen molar-refractivity contribution in [1.82, 2.24) is 10.2 Å². The van der Waals surface area contributed by atoms with Crippen LogP contribution in [0.4, 0.5) is 10.8 Å². The van der Waals surface area contributed by atoms with Gasteiger partial charge in [0, 0.05) is 12.2 Å². The molecule has 0 fully saturated rings. The molecule has 1 aliphatic carbocycles. The van der Waals surface area contributed by atoms with Crippen molar-refractivity contribution in [2.45, 2.75) is 35.8 Å². The number of aromatic nitrogens is 2. The zero-order valence-corrected chi connectivity index (χ0v) is 15.2. The lowest BCUT2D eigenvalue weighted by atomic mass is 10.1. The lowest BCUT2D eigenvalue weighted by Crippen LogP contribution is -2.22. The van der Waals surface area contributed by atoms with Crippen molar-refractivity contribution < 1.29 is 4.79 Å². The molecule has 5 nitrogen and oxygen atoms in total. The highest BCUT2D eigenvalue weighted by Crippen LogP contribution is 2.30. The predicted octanol–water partition coefficient (Wildman–Crippen LogP) is 3.74. The maximum atomic E-state index is 12.4. The van der Waals surface area contributed by atoms with Crippen LogP contribution < -0.4 is 10.6 Å². The highest BCUT2D eigenvalue weighted by atomic mass is 32.2. The first-order valence-electron chi connectivity index (χ1n) is 7.93. The van der Waals surface area contributed by atoms with Gasteiger partial charge < -0.3 is 10.6 Å². The highest BCUT2D eigenvalue weighted by molar-refractivity contribution is 8.02. The van der Waals surface area contributed by atoms with Crippen molar-refractivity contribution in [3.05, 3.63) is 42.0 Å². The first-order chi connectivity index (χ1) is 11.7. The summed E-state index contributed by atoms with van der Waals surface area (Å²) in [6.07, 6.45) is 5.23. The SMILES string of the molecule is C=CCNc1nnc(S[C@@H](C)C(=O)Nc2ccc3c(c2)CCC3)s1. The van der Waals surface area contributed by atoms with Gasteiger partial charge in [-0.15, -0.1) is 16.8 Å². The van der Waals surface area contributed by atoms with E-state index in [2.05, 4.69) is 39.5 Å². The van der Waals surface area contributed by atoms with Crippen LogP contribution in [0.15, 0.2) is 35.2 Å². The minimum Gasteiger partial charge on any atom is -0.357 e. The van der Waals surface area contributed by atoms with E-state index in [1.807, 2.05) is 13.0 Å². The second-order valence-corrected chi connectivity index (χ2v) is 8.19. The van der Waals surface area contributed by atoms with Gasteiger partial charge in [0.2, 0.25) is 11.0 Å². The number of nitrogens with zero attached hydrogens (tertiary/aromatic N) is 2. The molecule has 1 atom stereocenters. The minimum absolute atomic E-state index is 0.0197. The molecule has 1 heterocycles. The summed E-state index contributed by atoms with van der Waals surface area (Å²) >= 11 is 2.86. The predicted molar refractivity (Wildman–Crippen MR) is 101 cm³/mol. The van der Waals surface area contributed by atoms with Crippen LogP contribution in [-0.2, 0) is 17.6 Å². The van der Waals surface area contributed by atoms with Crippen LogP contribution in [0, 0.1) is 0 Å². The van der Waals surface area contributed by atoms with Crippen molar-refractivity contribution in [2.75, 3.05) is 17.2 Å². The number of amides is 1. The standard InChI is InChI=1S/C17H20N4OS2/c1-3-9-18-16-20-21-17(24-16)23-11(2)15(22)19-14-8-7-12-5-4-6-13(12)10-14/h3,7-8,10-11H,1,4-6,9H2,2H3,(H,18,20)(H,19,22)/t11-/m0/s1. The van der Waals surface area contributed by atoms with Crippen molar-refractivity contribution in [3.63, 3.8) is 0 Å². The molecule has 0 aliphatic heterocycles. The molecule has 2 N–H and O–H groups in total. The van der Waals surface area contributed by atoms with E-state index in [9.17, 15) is 4.79 Å². The van der Waals surface area contributed by atoms with Crippen LogP contribution in [0.2, 0.25) is 0 Å². The topological polar surface area (TPSA) is 66.9 Å². The van der Waals surface area contributed by atoms with Gasteiger partial charge in [-0.25, -0.2) is 0 Å². The Bertz CT molecular complexity index is 744. The van der Waals surface area contributed by atoms with Crippen LogP contribution in [0.25, 0.3) is 0 Å². The Kier molecular flexibility index (Phi) is 5.52. The number of hydrogen-bond donors (Lipinski definition) is 2. The Hall–Kier alpha value is -1.86. The zero-order chi connectivity index (χ0) is 16.9. The molecule has 1 amide bonds. The number of benzene rings is 1. The molecule has 7 heteroatoms. The van der Waals surface area contributed by atoms with Gasteiger partial charge in [-0.1, -0.05) is 35.2 Å².